The molecule has 1 aromatic carbocycles. The fraction of sp³-hybridized carbons (Fsp3) is 0.118. The van der Waals surface area contributed by atoms with Crippen molar-refractivity contribution in [2.45, 2.75) is 6.04 Å². The lowest BCUT2D eigenvalue weighted by Crippen LogP contribution is -2.31. The van der Waals surface area contributed by atoms with E-state index in [-0.39, 0.29) is 11.7 Å². The van der Waals surface area contributed by atoms with Crippen LogP contribution in [0.4, 0.5) is 4.39 Å². The van der Waals surface area contributed by atoms with Crippen LogP contribution in [0.5, 0.6) is 0 Å². The molecule has 3 rings (SSSR count). The Hall–Kier alpha value is -3.02. The van der Waals surface area contributed by atoms with Gasteiger partial charge in [-0.05, 0) is 29.8 Å². The van der Waals surface area contributed by atoms with Crippen molar-refractivity contribution < 1.29 is 9.18 Å². The minimum Gasteiger partial charge on any atom is -0.338 e. The van der Waals surface area contributed by atoms with Crippen molar-refractivity contribution in [3.63, 3.8) is 0 Å². The van der Waals surface area contributed by atoms with Crippen LogP contribution in [-0.2, 0) is 7.05 Å². The molecule has 5 nitrogen and oxygen atoms in total. The van der Waals surface area contributed by atoms with Crippen molar-refractivity contribution in [3.05, 3.63) is 84.0 Å². The van der Waals surface area contributed by atoms with E-state index in [0.29, 0.717) is 17.0 Å². The van der Waals surface area contributed by atoms with Crippen LogP contribution in [0.15, 0.2) is 61.2 Å². The molecule has 0 radical (unpaired) electrons. The molecule has 0 spiro atoms. The van der Waals surface area contributed by atoms with Crippen LogP contribution >= 0.6 is 0 Å². The van der Waals surface area contributed by atoms with E-state index < -0.39 is 6.04 Å². The summed E-state index contributed by atoms with van der Waals surface area (Å²) in [5, 5.41) is 2.89. The lowest BCUT2D eigenvalue weighted by molar-refractivity contribution is 0.0940. The van der Waals surface area contributed by atoms with Crippen LogP contribution in [0, 0.1) is 5.82 Å². The van der Waals surface area contributed by atoms with Crippen LogP contribution in [0.1, 0.15) is 27.8 Å². The molecule has 0 fully saturated rings. The fourth-order valence-electron chi connectivity index (χ4n) is 2.35. The number of halogens is 1. The number of pyridine rings is 1. The van der Waals surface area contributed by atoms with E-state index in [1.54, 1.807) is 47.4 Å². The minimum atomic E-state index is -0.557. The molecule has 23 heavy (non-hydrogen) atoms. The van der Waals surface area contributed by atoms with E-state index >= 15 is 0 Å². The SMILES string of the molecule is Cn1ccnc1C(NC(=O)c1cccnc1)c1cccc(F)c1. The molecule has 1 atom stereocenters. The predicted octanol–water partition coefficient (Wildman–Crippen LogP) is 2.47. The number of benzene rings is 1. The molecule has 6 heteroatoms. The molecule has 0 aliphatic carbocycles. The van der Waals surface area contributed by atoms with Gasteiger partial charge in [0, 0.05) is 31.8 Å². The van der Waals surface area contributed by atoms with Gasteiger partial charge in [0.15, 0.2) is 0 Å². The van der Waals surface area contributed by atoms with Crippen LogP contribution in [0.2, 0.25) is 0 Å². The average Bonchev–Trinajstić information content (AvgIpc) is 2.99. The molecule has 2 heterocycles. The maximum atomic E-state index is 13.6. The smallest absolute Gasteiger partial charge is 0.253 e. The molecule has 3 aromatic rings. The summed E-state index contributed by atoms with van der Waals surface area (Å²) in [5.41, 5.74) is 1.06. The highest BCUT2D eigenvalue weighted by Gasteiger charge is 2.21. The molecule has 0 saturated carbocycles. The van der Waals surface area contributed by atoms with Crippen molar-refractivity contribution in [1.82, 2.24) is 19.9 Å². The Labute approximate surface area is 132 Å². The number of nitrogens with one attached hydrogen (secondary N) is 1. The summed E-state index contributed by atoms with van der Waals surface area (Å²) in [6.45, 7) is 0. The molecule has 1 amide bonds. The topological polar surface area (TPSA) is 59.8 Å². The van der Waals surface area contributed by atoms with Gasteiger partial charge in [-0.15, -0.1) is 0 Å². The van der Waals surface area contributed by atoms with E-state index in [9.17, 15) is 9.18 Å². The van der Waals surface area contributed by atoms with Gasteiger partial charge >= 0.3 is 0 Å². The van der Waals surface area contributed by atoms with Crippen LogP contribution in [0.3, 0.4) is 0 Å². The zero-order chi connectivity index (χ0) is 16.2. The van der Waals surface area contributed by atoms with Crippen molar-refractivity contribution >= 4 is 5.91 Å². The van der Waals surface area contributed by atoms with Crippen molar-refractivity contribution in [2.24, 2.45) is 7.05 Å². The van der Waals surface area contributed by atoms with Gasteiger partial charge in [-0.3, -0.25) is 9.78 Å². The number of hydrogen-bond acceptors (Lipinski definition) is 3. The number of carbonyl (C=O) groups is 1. The number of nitrogens with zero attached hydrogens (tertiary/aromatic N) is 3. The Balaban J connectivity index is 1.96. The third-order valence-corrected chi connectivity index (χ3v) is 3.50. The summed E-state index contributed by atoms with van der Waals surface area (Å²) in [5.74, 6) is -0.0412. The van der Waals surface area contributed by atoms with Crippen molar-refractivity contribution in [2.75, 3.05) is 0 Å². The Morgan fingerprint density at radius 1 is 1.26 bits per heavy atom. The van der Waals surface area contributed by atoms with Gasteiger partial charge in [-0.1, -0.05) is 12.1 Å². The highest BCUT2D eigenvalue weighted by Crippen LogP contribution is 2.21. The molecule has 0 aliphatic rings. The summed E-state index contributed by atoms with van der Waals surface area (Å²) < 4.78 is 15.4. The summed E-state index contributed by atoms with van der Waals surface area (Å²) in [6.07, 6.45) is 6.49. The van der Waals surface area contributed by atoms with Gasteiger partial charge in [0.2, 0.25) is 0 Å². The van der Waals surface area contributed by atoms with Crippen molar-refractivity contribution in [1.29, 1.82) is 0 Å². The second kappa shape index (κ2) is 6.39. The van der Waals surface area contributed by atoms with Gasteiger partial charge < -0.3 is 9.88 Å². The van der Waals surface area contributed by atoms with Crippen LogP contribution < -0.4 is 5.32 Å². The number of aryl methyl sites for hydroxylation is 1. The lowest BCUT2D eigenvalue weighted by Gasteiger charge is -2.19. The fourth-order valence-corrected chi connectivity index (χ4v) is 2.35. The average molecular weight is 310 g/mol. The standard InChI is InChI=1S/C17H15FN4O/c1-22-9-8-20-16(22)15(12-4-2-6-14(18)10-12)21-17(23)13-5-3-7-19-11-13/h2-11,15H,1H3,(H,21,23). The Bertz CT molecular complexity index is 816. The quantitative estimate of drug-likeness (QED) is 0.805. The van der Waals surface area contributed by atoms with Gasteiger partial charge in [0.25, 0.3) is 5.91 Å². The third kappa shape index (κ3) is 3.26. The Kier molecular flexibility index (Phi) is 4.14. The molecule has 0 saturated heterocycles. The number of imidazole rings is 1. The first-order valence-electron chi connectivity index (χ1n) is 7.09. The number of rotatable bonds is 4. The van der Waals surface area contributed by atoms with Gasteiger partial charge in [0.1, 0.15) is 17.7 Å². The van der Waals surface area contributed by atoms with Gasteiger partial charge in [-0.2, -0.15) is 0 Å². The summed E-state index contributed by atoms with van der Waals surface area (Å²) >= 11 is 0. The molecule has 1 N–H and O–H groups in total. The molecule has 2 aromatic heterocycles. The van der Waals surface area contributed by atoms with E-state index in [1.807, 2.05) is 7.05 Å². The monoisotopic (exact) mass is 310 g/mol. The lowest BCUT2D eigenvalue weighted by atomic mass is 10.1. The van der Waals surface area contributed by atoms with Gasteiger partial charge in [-0.25, -0.2) is 9.37 Å². The Morgan fingerprint density at radius 3 is 2.78 bits per heavy atom. The molecular formula is C17H15FN4O. The summed E-state index contributed by atoms with van der Waals surface area (Å²) in [6, 6.07) is 8.92. The Morgan fingerprint density at radius 2 is 2.13 bits per heavy atom. The first-order valence-corrected chi connectivity index (χ1v) is 7.09. The zero-order valence-electron chi connectivity index (χ0n) is 12.5. The molecule has 0 aliphatic heterocycles. The van der Waals surface area contributed by atoms with Crippen molar-refractivity contribution in [3.8, 4) is 0 Å². The predicted molar refractivity (Wildman–Crippen MR) is 83.2 cm³/mol. The number of carbonyl (C=O) groups excluding carboxylic acids is 1. The molecule has 1 unspecified atom stereocenters. The molecular weight excluding hydrogens is 295 g/mol. The van der Waals surface area contributed by atoms with E-state index in [1.165, 1.54) is 18.3 Å². The van der Waals surface area contributed by atoms with Crippen LogP contribution in [-0.4, -0.2) is 20.4 Å². The normalized spacial score (nSPS) is 11.9. The maximum absolute atomic E-state index is 13.6. The maximum Gasteiger partial charge on any atom is 0.253 e. The van der Waals surface area contributed by atoms with E-state index in [4.69, 9.17) is 0 Å². The number of amides is 1. The number of aromatic nitrogens is 3. The van der Waals surface area contributed by atoms with Crippen LogP contribution in [0.25, 0.3) is 0 Å². The molecule has 116 valence electrons. The first-order chi connectivity index (χ1) is 11.1. The number of hydrogen-bond donors (Lipinski definition) is 1. The summed E-state index contributed by atoms with van der Waals surface area (Å²) in [4.78, 5) is 20.7. The third-order valence-electron chi connectivity index (χ3n) is 3.50. The zero-order valence-corrected chi connectivity index (χ0v) is 12.5. The summed E-state index contributed by atoms with van der Waals surface area (Å²) in [7, 11) is 1.82. The molecule has 0 bridgehead atoms. The van der Waals surface area contributed by atoms with Gasteiger partial charge in [0.05, 0.1) is 5.56 Å². The highest BCUT2D eigenvalue weighted by molar-refractivity contribution is 5.94. The second-order valence-corrected chi connectivity index (χ2v) is 5.10. The first kappa shape index (κ1) is 14.9. The van der Waals surface area contributed by atoms with E-state index in [0.717, 1.165) is 0 Å². The minimum absolute atomic E-state index is 0.296. The van der Waals surface area contributed by atoms with E-state index in [2.05, 4.69) is 15.3 Å². The second-order valence-electron chi connectivity index (χ2n) is 5.10. The highest BCUT2D eigenvalue weighted by atomic mass is 19.1. The largest absolute Gasteiger partial charge is 0.338 e.